The first kappa shape index (κ1) is 17.2. The summed E-state index contributed by atoms with van der Waals surface area (Å²) >= 11 is 0. The predicted molar refractivity (Wildman–Crippen MR) is 76.0 cm³/mol. The van der Waals surface area contributed by atoms with E-state index < -0.39 is 6.61 Å². The number of benzene rings is 1. The summed E-state index contributed by atoms with van der Waals surface area (Å²) in [5.74, 6) is 0.0396. The summed E-state index contributed by atoms with van der Waals surface area (Å²) in [6.45, 7) is 1.58. The molecule has 7 heteroatoms. The number of ether oxygens (including phenoxy) is 2. The van der Waals surface area contributed by atoms with Gasteiger partial charge in [-0.25, -0.2) is 0 Å². The van der Waals surface area contributed by atoms with Crippen LogP contribution < -0.4 is 20.1 Å². The second-order valence-electron chi connectivity index (χ2n) is 4.45. The summed E-state index contributed by atoms with van der Waals surface area (Å²) in [5, 5.41) is 5.66. The third-order valence-corrected chi connectivity index (χ3v) is 2.72. The van der Waals surface area contributed by atoms with Crippen LogP contribution in [0.15, 0.2) is 18.2 Å². The standard InChI is InChI=1S/C14H20F2N2O3/c1-4-17-9(2)7-13(19)18-11-8-10(20-3)5-6-12(11)21-14(15)16/h5-6,8-9,14,17H,4,7H2,1-3H3,(H,18,19). The van der Waals surface area contributed by atoms with Crippen LogP contribution in [0.1, 0.15) is 20.3 Å². The minimum absolute atomic E-state index is 0.0138. The van der Waals surface area contributed by atoms with Crippen LogP contribution >= 0.6 is 0 Å². The first-order valence-electron chi connectivity index (χ1n) is 6.62. The molecule has 0 bridgehead atoms. The maximum Gasteiger partial charge on any atom is 0.387 e. The molecule has 1 aromatic carbocycles. The van der Waals surface area contributed by atoms with Gasteiger partial charge in [-0.1, -0.05) is 6.92 Å². The van der Waals surface area contributed by atoms with E-state index in [1.807, 2.05) is 13.8 Å². The molecular formula is C14H20F2N2O3. The van der Waals surface area contributed by atoms with Crippen LogP contribution in [-0.4, -0.2) is 32.2 Å². The SMILES string of the molecule is CCNC(C)CC(=O)Nc1cc(OC)ccc1OC(F)F. The predicted octanol–water partition coefficient (Wildman–Crippen LogP) is 2.62. The minimum atomic E-state index is -2.96. The Bertz CT molecular complexity index is 470. The fourth-order valence-electron chi connectivity index (χ4n) is 1.83. The molecule has 0 heterocycles. The van der Waals surface area contributed by atoms with E-state index in [4.69, 9.17) is 4.74 Å². The van der Waals surface area contributed by atoms with E-state index in [1.54, 1.807) is 0 Å². The highest BCUT2D eigenvalue weighted by Crippen LogP contribution is 2.30. The zero-order valence-corrected chi connectivity index (χ0v) is 12.3. The Morgan fingerprint density at radius 2 is 2.10 bits per heavy atom. The Hall–Kier alpha value is -1.89. The number of carbonyl (C=O) groups is 1. The summed E-state index contributed by atoms with van der Waals surface area (Å²) in [5.41, 5.74) is 0.156. The summed E-state index contributed by atoms with van der Waals surface area (Å²) in [6, 6.07) is 4.23. The molecule has 0 fully saturated rings. The average Bonchev–Trinajstić information content (AvgIpc) is 2.40. The molecule has 0 spiro atoms. The van der Waals surface area contributed by atoms with E-state index in [2.05, 4.69) is 15.4 Å². The summed E-state index contributed by atoms with van der Waals surface area (Å²) < 4.78 is 34.1. The van der Waals surface area contributed by atoms with Crippen molar-refractivity contribution in [1.29, 1.82) is 0 Å². The van der Waals surface area contributed by atoms with Crippen molar-refractivity contribution in [2.45, 2.75) is 32.9 Å². The van der Waals surface area contributed by atoms with Crippen molar-refractivity contribution in [1.82, 2.24) is 5.32 Å². The van der Waals surface area contributed by atoms with Crippen molar-refractivity contribution in [3.8, 4) is 11.5 Å². The minimum Gasteiger partial charge on any atom is -0.497 e. The van der Waals surface area contributed by atoms with Crippen LogP contribution in [0.3, 0.4) is 0 Å². The molecule has 0 aliphatic heterocycles. The highest BCUT2D eigenvalue weighted by Gasteiger charge is 2.14. The van der Waals surface area contributed by atoms with E-state index in [9.17, 15) is 13.6 Å². The van der Waals surface area contributed by atoms with Gasteiger partial charge in [0.15, 0.2) is 0 Å². The third kappa shape index (κ3) is 5.95. The Balaban J connectivity index is 2.81. The summed E-state index contributed by atoms with van der Waals surface area (Å²) in [7, 11) is 1.45. The monoisotopic (exact) mass is 302 g/mol. The number of hydrogen-bond acceptors (Lipinski definition) is 4. The molecule has 21 heavy (non-hydrogen) atoms. The molecular weight excluding hydrogens is 282 g/mol. The fourth-order valence-corrected chi connectivity index (χ4v) is 1.83. The molecule has 5 nitrogen and oxygen atoms in total. The van der Waals surface area contributed by atoms with Crippen LogP contribution in [-0.2, 0) is 4.79 Å². The largest absolute Gasteiger partial charge is 0.497 e. The first-order valence-corrected chi connectivity index (χ1v) is 6.62. The van der Waals surface area contributed by atoms with Crippen molar-refractivity contribution < 1.29 is 23.0 Å². The van der Waals surface area contributed by atoms with Crippen molar-refractivity contribution >= 4 is 11.6 Å². The number of nitrogens with one attached hydrogen (secondary N) is 2. The number of anilines is 1. The lowest BCUT2D eigenvalue weighted by molar-refractivity contribution is -0.116. The van der Waals surface area contributed by atoms with Gasteiger partial charge in [0.1, 0.15) is 11.5 Å². The van der Waals surface area contributed by atoms with Crippen molar-refractivity contribution in [3.05, 3.63) is 18.2 Å². The van der Waals surface area contributed by atoms with Crippen molar-refractivity contribution in [3.63, 3.8) is 0 Å². The first-order chi connectivity index (χ1) is 9.96. The Morgan fingerprint density at radius 3 is 2.67 bits per heavy atom. The Labute approximate surface area is 122 Å². The van der Waals surface area contributed by atoms with E-state index in [-0.39, 0.29) is 29.8 Å². The molecule has 1 unspecified atom stereocenters. The number of hydrogen-bond donors (Lipinski definition) is 2. The van der Waals surface area contributed by atoms with E-state index in [1.165, 1.54) is 25.3 Å². The quantitative estimate of drug-likeness (QED) is 0.775. The lowest BCUT2D eigenvalue weighted by Crippen LogP contribution is -2.30. The number of halogens is 2. The zero-order valence-electron chi connectivity index (χ0n) is 12.3. The van der Waals surface area contributed by atoms with Gasteiger partial charge in [0.2, 0.25) is 5.91 Å². The summed E-state index contributed by atoms with van der Waals surface area (Å²) in [6.07, 6.45) is 0.221. The number of alkyl halides is 2. The van der Waals surface area contributed by atoms with Gasteiger partial charge in [-0.2, -0.15) is 8.78 Å². The molecule has 2 N–H and O–H groups in total. The Morgan fingerprint density at radius 1 is 1.38 bits per heavy atom. The topological polar surface area (TPSA) is 59.6 Å². The van der Waals surface area contributed by atoms with Gasteiger partial charge < -0.3 is 20.1 Å². The maximum atomic E-state index is 12.4. The van der Waals surface area contributed by atoms with Crippen LogP contribution in [0, 0.1) is 0 Å². The van der Waals surface area contributed by atoms with Gasteiger partial charge in [-0.15, -0.1) is 0 Å². The highest BCUT2D eigenvalue weighted by atomic mass is 19.3. The second kappa shape index (κ2) is 8.41. The molecule has 0 aromatic heterocycles. The smallest absolute Gasteiger partial charge is 0.387 e. The van der Waals surface area contributed by atoms with Crippen molar-refractivity contribution in [2.24, 2.45) is 0 Å². The van der Waals surface area contributed by atoms with Gasteiger partial charge in [0, 0.05) is 18.5 Å². The number of carbonyl (C=O) groups excluding carboxylic acids is 1. The molecule has 1 amide bonds. The number of amides is 1. The molecule has 1 aromatic rings. The summed E-state index contributed by atoms with van der Waals surface area (Å²) in [4.78, 5) is 11.9. The molecule has 0 saturated carbocycles. The number of rotatable bonds is 8. The molecule has 0 aliphatic carbocycles. The van der Waals surface area contributed by atoms with Crippen LogP contribution in [0.4, 0.5) is 14.5 Å². The van der Waals surface area contributed by atoms with Gasteiger partial charge in [0.25, 0.3) is 0 Å². The lowest BCUT2D eigenvalue weighted by Gasteiger charge is -2.15. The van der Waals surface area contributed by atoms with Crippen LogP contribution in [0.2, 0.25) is 0 Å². The van der Waals surface area contributed by atoms with Gasteiger partial charge in [-0.3, -0.25) is 4.79 Å². The highest BCUT2D eigenvalue weighted by molar-refractivity contribution is 5.92. The second-order valence-corrected chi connectivity index (χ2v) is 4.45. The zero-order chi connectivity index (χ0) is 15.8. The van der Waals surface area contributed by atoms with Crippen molar-refractivity contribution in [2.75, 3.05) is 19.0 Å². The van der Waals surface area contributed by atoms with Gasteiger partial charge in [0.05, 0.1) is 12.8 Å². The van der Waals surface area contributed by atoms with Crippen LogP contribution in [0.25, 0.3) is 0 Å². The van der Waals surface area contributed by atoms with Gasteiger partial charge >= 0.3 is 6.61 Å². The lowest BCUT2D eigenvalue weighted by atomic mass is 10.2. The fraction of sp³-hybridized carbons (Fsp3) is 0.500. The third-order valence-electron chi connectivity index (χ3n) is 2.72. The van der Waals surface area contributed by atoms with E-state index >= 15 is 0 Å². The molecule has 0 aliphatic rings. The normalized spacial score (nSPS) is 12.1. The van der Waals surface area contributed by atoms with E-state index in [0.29, 0.717) is 5.75 Å². The number of methoxy groups -OCH3 is 1. The van der Waals surface area contributed by atoms with E-state index in [0.717, 1.165) is 6.54 Å². The molecule has 1 atom stereocenters. The average molecular weight is 302 g/mol. The maximum absolute atomic E-state index is 12.4. The van der Waals surface area contributed by atoms with Gasteiger partial charge in [-0.05, 0) is 25.6 Å². The molecule has 1 rings (SSSR count). The Kier molecular flexibility index (Phi) is 6.87. The molecule has 118 valence electrons. The molecule has 0 radical (unpaired) electrons. The van der Waals surface area contributed by atoms with Crippen LogP contribution in [0.5, 0.6) is 11.5 Å². The molecule has 0 saturated heterocycles.